The highest BCUT2D eigenvalue weighted by Crippen LogP contribution is 1.89. The fraction of sp³-hybridized carbons (Fsp3) is 0.500. The highest BCUT2D eigenvalue weighted by atomic mass is 16.4. The molecule has 0 aliphatic rings. The predicted octanol–water partition coefficient (Wildman–Crippen LogP) is -3.28. The number of hydrogen-bond donors (Lipinski definition) is 7. The minimum atomic E-state index is -2.04. The topological polar surface area (TPSA) is 221 Å². The Morgan fingerprint density at radius 2 is 1.26 bits per heavy atom. The van der Waals surface area contributed by atoms with Crippen LogP contribution in [0.4, 0.5) is 0 Å². The molecule has 0 saturated carbocycles. The molecule has 0 aromatic carbocycles. The molecule has 0 aliphatic carbocycles. The van der Waals surface area contributed by atoms with E-state index in [9.17, 15) is 19.2 Å². The molecule has 0 saturated heterocycles. The van der Waals surface area contributed by atoms with E-state index in [-0.39, 0.29) is 0 Å². The third-order valence-corrected chi connectivity index (χ3v) is 1.59. The zero-order valence-electron chi connectivity index (χ0n) is 9.46. The van der Waals surface area contributed by atoms with Crippen molar-refractivity contribution in [1.82, 2.24) is 0 Å². The molecule has 0 fully saturated rings. The normalized spacial score (nSPS) is 14.3. The maximum atomic E-state index is 9.90. The summed E-state index contributed by atoms with van der Waals surface area (Å²) in [5.41, 5.74) is 9.57. The van der Waals surface area contributed by atoms with Crippen molar-refractivity contribution in [3.63, 3.8) is 0 Å². The Kier molecular flexibility index (Phi) is 8.84. The van der Waals surface area contributed by atoms with Crippen LogP contribution in [0.15, 0.2) is 0 Å². The van der Waals surface area contributed by atoms with Crippen molar-refractivity contribution in [2.75, 3.05) is 0 Å². The highest BCUT2D eigenvalue weighted by Gasteiger charge is 2.27. The van der Waals surface area contributed by atoms with Crippen LogP contribution in [-0.4, -0.2) is 67.6 Å². The van der Waals surface area contributed by atoms with Crippen LogP contribution in [-0.2, 0) is 19.2 Å². The maximum Gasteiger partial charge on any atom is 0.334 e. The molecule has 0 aromatic heterocycles. The van der Waals surface area contributed by atoms with E-state index in [1.165, 1.54) is 0 Å². The number of aliphatic hydroxyl groups excluding tert-OH is 1. The Morgan fingerprint density at radius 3 is 1.37 bits per heavy atom. The molecule has 0 amide bonds. The van der Waals surface area contributed by atoms with E-state index >= 15 is 0 Å². The van der Waals surface area contributed by atoms with Gasteiger partial charge in [0, 0.05) is 0 Å². The Labute approximate surface area is 106 Å². The minimum absolute atomic E-state index is 0.532. The van der Waals surface area contributed by atoms with Gasteiger partial charge in [-0.05, 0) is 0 Å². The summed E-state index contributed by atoms with van der Waals surface area (Å²) in [6, 6.07) is -3.06. The average Bonchev–Trinajstić information content (AvgIpc) is 2.26. The van der Waals surface area contributed by atoms with Gasteiger partial charge in [-0.2, -0.15) is 0 Å². The van der Waals surface area contributed by atoms with Crippen LogP contribution >= 0.6 is 0 Å². The number of carbonyl (C=O) groups is 4. The zero-order chi connectivity index (χ0) is 15.7. The van der Waals surface area contributed by atoms with Crippen molar-refractivity contribution in [2.24, 2.45) is 11.5 Å². The molecule has 11 heteroatoms. The van der Waals surface area contributed by atoms with Crippen LogP contribution in [0, 0.1) is 0 Å². The number of rotatable bonds is 6. The lowest BCUT2D eigenvalue weighted by molar-refractivity contribution is -0.154. The van der Waals surface area contributed by atoms with Crippen molar-refractivity contribution in [1.29, 1.82) is 0 Å². The standard InChI is InChI=1S/C4H7NO5.C4H7NO4/c5-1(3(7)8)2(6)4(9)10;5-2(4(8)9)1-3(6)7/h1-2,6H,5H2,(H,7,8)(H,9,10);2H,1,5H2,(H,6,7)(H,8,9)/t1-,2-;2-/m00/s1. The first-order chi connectivity index (χ1) is 8.50. The predicted molar refractivity (Wildman–Crippen MR) is 57.1 cm³/mol. The average molecular weight is 282 g/mol. The van der Waals surface area contributed by atoms with Crippen LogP contribution in [0.5, 0.6) is 0 Å². The number of carboxylic acids is 4. The highest BCUT2D eigenvalue weighted by molar-refractivity contribution is 5.83. The van der Waals surface area contributed by atoms with Gasteiger partial charge in [-0.25, -0.2) is 4.79 Å². The smallest absolute Gasteiger partial charge is 0.334 e. The summed E-state index contributed by atoms with van der Waals surface area (Å²) in [5, 5.41) is 40.6. The zero-order valence-corrected chi connectivity index (χ0v) is 9.46. The molecule has 0 aliphatic heterocycles. The number of carboxylic acid groups (broad SMARTS) is 4. The summed E-state index contributed by atoms with van der Waals surface area (Å²) in [6.07, 6.45) is -2.58. The summed E-state index contributed by atoms with van der Waals surface area (Å²) in [6.45, 7) is 0. The van der Waals surface area contributed by atoms with Gasteiger partial charge in [0.2, 0.25) is 0 Å². The van der Waals surface area contributed by atoms with Gasteiger partial charge in [0.25, 0.3) is 0 Å². The molecule has 11 nitrogen and oxygen atoms in total. The SMILES string of the molecule is N[C@@H](CC(=O)O)C(=O)O.N[C@H](C(=O)O)[C@H](O)C(=O)O. The van der Waals surface area contributed by atoms with Gasteiger partial charge in [-0.3, -0.25) is 14.4 Å². The second-order valence-corrected chi connectivity index (χ2v) is 3.19. The lowest BCUT2D eigenvalue weighted by atomic mass is 10.2. The Hall–Kier alpha value is -2.24. The first kappa shape index (κ1) is 19.1. The van der Waals surface area contributed by atoms with E-state index in [1.807, 2.05) is 0 Å². The molecule has 0 bridgehead atoms. The molecule has 0 spiro atoms. The number of aliphatic hydroxyl groups is 1. The molecule has 0 aromatic rings. The lowest BCUT2D eigenvalue weighted by Crippen LogP contribution is -2.46. The van der Waals surface area contributed by atoms with E-state index in [0.29, 0.717) is 0 Å². The summed E-state index contributed by atoms with van der Waals surface area (Å²) in [7, 11) is 0. The quantitative estimate of drug-likeness (QED) is 0.255. The van der Waals surface area contributed by atoms with E-state index in [0.717, 1.165) is 0 Å². The first-order valence-electron chi connectivity index (χ1n) is 4.60. The van der Waals surface area contributed by atoms with Gasteiger partial charge in [0.05, 0.1) is 6.42 Å². The number of nitrogens with two attached hydrogens (primary N) is 2. The van der Waals surface area contributed by atoms with Crippen LogP contribution < -0.4 is 11.5 Å². The molecule has 110 valence electrons. The molecule has 19 heavy (non-hydrogen) atoms. The lowest BCUT2D eigenvalue weighted by Gasteiger charge is -2.08. The van der Waals surface area contributed by atoms with Crippen LogP contribution in [0.1, 0.15) is 6.42 Å². The van der Waals surface area contributed by atoms with Crippen molar-refractivity contribution < 1.29 is 44.7 Å². The van der Waals surface area contributed by atoms with Gasteiger partial charge in [-0.1, -0.05) is 0 Å². The van der Waals surface area contributed by atoms with Gasteiger partial charge in [0.15, 0.2) is 6.10 Å². The largest absolute Gasteiger partial charge is 0.481 e. The van der Waals surface area contributed by atoms with Crippen LogP contribution in [0.2, 0.25) is 0 Å². The molecule has 0 rings (SSSR count). The molecule has 0 unspecified atom stereocenters. The number of aliphatic carboxylic acids is 4. The molecule has 0 heterocycles. The van der Waals surface area contributed by atoms with Crippen LogP contribution in [0.3, 0.4) is 0 Å². The third kappa shape index (κ3) is 9.46. The van der Waals surface area contributed by atoms with E-state index in [4.69, 9.17) is 37.0 Å². The number of hydrogen-bond acceptors (Lipinski definition) is 7. The Morgan fingerprint density at radius 1 is 0.842 bits per heavy atom. The molecular weight excluding hydrogens is 268 g/mol. The van der Waals surface area contributed by atoms with Gasteiger partial charge < -0.3 is 37.0 Å². The van der Waals surface area contributed by atoms with Crippen molar-refractivity contribution in [3.05, 3.63) is 0 Å². The summed E-state index contributed by atoms with van der Waals surface area (Å²) >= 11 is 0. The molecule has 3 atom stereocenters. The van der Waals surface area contributed by atoms with E-state index in [2.05, 4.69) is 0 Å². The second kappa shape index (κ2) is 8.79. The van der Waals surface area contributed by atoms with E-state index < -0.39 is 48.5 Å². The van der Waals surface area contributed by atoms with Crippen molar-refractivity contribution >= 4 is 23.9 Å². The monoisotopic (exact) mass is 282 g/mol. The fourth-order valence-electron chi connectivity index (χ4n) is 0.564. The van der Waals surface area contributed by atoms with Crippen LogP contribution in [0.25, 0.3) is 0 Å². The summed E-state index contributed by atoms with van der Waals surface area (Å²) in [5.74, 6) is -5.69. The molecule has 9 N–H and O–H groups in total. The van der Waals surface area contributed by atoms with Crippen molar-refractivity contribution in [3.8, 4) is 0 Å². The maximum absolute atomic E-state index is 9.90. The van der Waals surface area contributed by atoms with Crippen molar-refractivity contribution in [2.45, 2.75) is 24.6 Å². The Bertz CT molecular complexity index is 338. The summed E-state index contributed by atoms with van der Waals surface area (Å²) in [4.78, 5) is 39.4. The van der Waals surface area contributed by atoms with Gasteiger partial charge in [0.1, 0.15) is 12.1 Å². The fourth-order valence-corrected chi connectivity index (χ4v) is 0.564. The van der Waals surface area contributed by atoms with Gasteiger partial charge >= 0.3 is 23.9 Å². The summed E-state index contributed by atoms with van der Waals surface area (Å²) < 4.78 is 0. The minimum Gasteiger partial charge on any atom is -0.481 e. The van der Waals surface area contributed by atoms with Gasteiger partial charge in [-0.15, -0.1) is 0 Å². The van der Waals surface area contributed by atoms with E-state index in [1.54, 1.807) is 0 Å². The Balaban J connectivity index is 0. The molecular formula is C8H14N2O9. The second-order valence-electron chi connectivity index (χ2n) is 3.19. The third-order valence-electron chi connectivity index (χ3n) is 1.59. The first-order valence-corrected chi connectivity index (χ1v) is 4.60. The molecule has 0 radical (unpaired) electrons.